The van der Waals surface area contributed by atoms with Crippen molar-refractivity contribution in [3.8, 4) is 0 Å². The molecule has 1 atom stereocenters. The lowest BCUT2D eigenvalue weighted by molar-refractivity contribution is 0.116. The van der Waals surface area contributed by atoms with Crippen molar-refractivity contribution in [1.29, 1.82) is 0 Å². The summed E-state index contributed by atoms with van der Waals surface area (Å²) < 4.78 is 0. The Morgan fingerprint density at radius 3 is 2.17 bits per heavy atom. The molecule has 12 heavy (non-hydrogen) atoms. The summed E-state index contributed by atoms with van der Waals surface area (Å²) in [5, 5.41) is 0. The number of rotatable bonds is 1. The minimum atomic E-state index is 0.328. The smallest absolute Gasteiger partial charge is 0.0574 e. The van der Waals surface area contributed by atoms with Gasteiger partial charge >= 0.3 is 0 Å². The van der Waals surface area contributed by atoms with Gasteiger partial charge in [-0.1, -0.05) is 13.8 Å². The summed E-state index contributed by atoms with van der Waals surface area (Å²) in [4.78, 5) is 2.38. The molecule has 2 nitrogen and oxygen atoms in total. The second kappa shape index (κ2) is 6.44. The molecule has 0 aliphatic carbocycles. The van der Waals surface area contributed by atoms with Gasteiger partial charge in [-0.2, -0.15) is 0 Å². The van der Waals surface area contributed by atoms with E-state index in [1.165, 1.54) is 25.8 Å². The van der Waals surface area contributed by atoms with E-state index in [2.05, 4.69) is 18.7 Å². The quantitative estimate of drug-likeness (QED) is 0.657. The topological polar surface area (TPSA) is 29.3 Å². The third-order valence-corrected chi connectivity index (χ3v) is 2.26. The van der Waals surface area contributed by atoms with Gasteiger partial charge in [-0.3, -0.25) is 4.90 Å². The standard InChI is InChI=1S/C8H18N2.C2H6/c1-7(2)10-6-4-3-5-8(10)9;1-2/h7-8H,3-6,9H2,1-2H3;1-2H3. The predicted octanol–water partition coefficient (Wildman–Crippen LogP) is 2.19. The van der Waals surface area contributed by atoms with E-state index in [1.807, 2.05) is 13.8 Å². The Hall–Kier alpha value is -0.0800. The van der Waals surface area contributed by atoms with Crippen LogP contribution < -0.4 is 5.73 Å². The fourth-order valence-corrected chi connectivity index (χ4v) is 1.62. The van der Waals surface area contributed by atoms with E-state index in [-0.39, 0.29) is 0 Å². The molecule has 0 aromatic heterocycles. The zero-order valence-corrected chi connectivity index (χ0v) is 9.01. The molecule has 74 valence electrons. The first-order valence-electron chi connectivity index (χ1n) is 5.23. The zero-order chi connectivity index (χ0) is 9.56. The van der Waals surface area contributed by atoms with Crippen LogP contribution in [0.1, 0.15) is 47.0 Å². The van der Waals surface area contributed by atoms with Gasteiger partial charge in [0.25, 0.3) is 0 Å². The maximum Gasteiger partial charge on any atom is 0.0574 e. The van der Waals surface area contributed by atoms with Crippen LogP contribution in [-0.2, 0) is 0 Å². The van der Waals surface area contributed by atoms with Crippen molar-refractivity contribution >= 4 is 0 Å². The van der Waals surface area contributed by atoms with E-state index < -0.39 is 0 Å². The monoisotopic (exact) mass is 172 g/mol. The zero-order valence-electron chi connectivity index (χ0n) is 9.01. The largest absolute Gasteiger partial charge is 0.316 e. The number of likely N-dealkylation sites (tertiary alicyclic amines) is 1. The lowest BCUT2D eigenvalue weighted by Crippen LogP contribution is -2.48. The lowest BCUT2D eigenvalue weighted by Gasteiger charge is -2.36. The molecule has 2 heteroatoms. The molecule has 1 unspecified atom stereocenters. The highest BCUT2D eigenvalue weighted by atomic mass is 15.2. The minimum Gasteiger partial charge on any atom is -0.316 e. The first kappa shape index (κ1) is 11.9. The van der Waals surface area contributed by atoms with Gasteiger partial charge in [-0.05, 0) is 39.7 Å². The van der Waals surface area contributed by atoms with Crippen LogP contribution in [0.4, 0.5) is 0 Å². The summed E-state index contributed by atoms with van der Waals surface area (Å²) in [5.41, 5.74) is 5.91. The molecule has 0 saturated carbocycles. The summed E-state index contributed by atoms with van der Waals surface area (Å²) in [6.45, 7) is 9.62. The van der Waals surface area contributed by atoms with Crippen molar-refractivity contribution in [3.63, 3.8) is 0 Å². The third-order valence-electron chi connectivity index (χ3n) is 2.26. The van der Waals surface area contributed by atoms with E-state index in [0.717, 1.165) is 0 Å². The van der Waals surface area contributed by atoms with Gasteiger partial charge < -0.3 is 5.73 Å². The summed E-state index contributed by atoms with van der Waals surface area (Å²) in [6.07, 6.45) is 4.14. The summed E-state index contributed by atoms with van der Waals surface area (Å²) in [5.74, 6) is 0. The number of nitrogens with zero attached hydrogens (tertiary/aromatic N) is 1. The molecule has 2 N–H and O–H groups in total. The van der Waals surface area contributed by atoms with Gasteiger partial charge in [0.05, 0.1) is 6.17 Å². The van der Waals surface area contributed by atoms with E-state index in [4.69, 9.17) is 5.73 Å². The maximum atomic E-state index is 5.91. The van der Waals surface area contributed by atoms with E-state index in [1.54, 1.807) is 0 Å². The number of nitrogens with two attached hydrogens (primary N) is 1. The molecule has 0 aromatic carbocycles. The Kier molecular flexibility index (Phi) is 6.39. The van der Waals surface area contributed by atoms with Gasteiger partial charge in [0.1, 0.15) is 0 Å². The van der Waals surface area contributed by atoms with Crippen LogP contribution in [0.2, 0.25) is 0 Å². The molecular weight excluding hydrogens is 148 g/mol. The van der Waals surface area contributed by atoms with Crippen molar-refractivity contribution in [2.24, 2.45) is 5.73 Å². The van der Waals surface area contributed by atoms with Crippen molar-refractivity contribution in [1.82, 2.24) is 4.90 Å². The Morgan fingerprint density at radius 2 is 1.83 bits per heavy atom. The van der Waals surface area contributed by atoms with E-state index >= 15 is 0 Å². The van der Waals surface area contributed by atoms with Crippen molar-refractivity contribution in [3.05, 3.63) is 0 Å². The fourth-order valence-electron chi connectivity index (χ4n) is 1.62. The van der Waals surface area contributed by atoms with Crippen LogP contribution in [0.25, 0.3) is 0 Å². The van der Waals surface area contributed by atoms with Gasteiger partial charge in [0, 0.05) is 6.04 Å². The van der Waals surface area contributed by atoms with E-state index in [9.17, 15) is 0 Å². The van der Waals surface area contributed by atoms with Crippen LogP contribution in [0.15, 0.2) is 0 Å². The molecule has 0 spiro atoms. The van der Waals surface area contributed by atoms with Crippen LogP contribution in [0.3, 0.4) is 0 Å². The van der Waals surface area contributed by atoms with Gasteiger partial charge in [0.15, 0.2) is 0 Å². The number of piperidine rings is 1. The first-order chi connectivity index (χ1) is 5.72. The lowest BCUT2D eigenvalue weighted by atomic mass is 10.1. The second-order valence-electron chi connectivity index (χ2n) is 3.39. The maximum absolute atomic E-state index is 5.91. The molecule has 0 radical (unpaired) electrons. The highest BCUT2D eigenvalue weighted by molar-refractivity contribution is 4.74. The molecule has 1 saturated heterocycles. The Morgan fingerprint density at radius 1 is 1.25 bits per heavy atom. The summed E-state index contributed by atoms with van der Waals surface area (Å²) in [6, 6.07) is 0.621. The third kappa shape index (κ3) is 3.55. The summed E-state index contributed by atoms with van der Waals surface area (Å²) >= 11 is 0. The molecule has 1 aliphatic heterocycles. The van der Waals surface area contributed by atoms with Crippen molar-refractivity contribution in [2.45, 2.75) is 59.2 Å². The normalized spacial score (nSPS) is 25.0. The van der Waals surface area contributed by atoms with Gasteiger partial charge in [-0.15, -0.1) is 0 Å². The van der Waals surface area contributed by atoms with Crippen LogP contribution >= 0.6 is 0 Å². The summed E-state index contributed by atoms with van der Waals surface area (Å²) in [7, 11) is 0. The molecule has 1 aliphatic rings. The average molecular weight is 172 g/mol. The van der Waals surface area contributed by atoms with Gasteiger partial charge in [0.2, 0.25) is 0 Å². The molecule has 1 rings (SSSR count). The number of hydrogen-bond acceptors (Lipinski definition) is 2. The van der Waals surface area contributed by atoms with Crippen molar-refractivity contribution in [2.75, 3.05) is 6.54 Å². The van der Waals surface area contributed by atoms with Crippen LogP contribution in [-0.4, -0.2) is 23.7 Å². The van der Waals surface area contributed by atoms with Crippen LogP contribution in [0.5, 0.6) is 0 Å². The van der Waals surface area contributed by atoms with Crippen molar-refractivity contribution < 1.29 is 0 Å². The highest BCUT2D eigenvalue weighted by Crippen LogP contribution is 2.15. The number of hydrogen-bond donors (Lipinski definition) is 1. The fraction of sp³-hybridized carbons (Fsp3) is 1.00. The molecule has 0 aromatic rings. The second-order valence-corrected chi connectivity index (χ2v) is 3.39. The molecule has 1 fully saturated rings. The molecular formula is C10H24N2. The van der Waals surface area contributed by atoms with Crippen LogP contribution in [0, 0.1) is 0 Å². The minimum absolute atomic E-state index is 0.328. The Balaban J connectivity index is 0.000000561. The van der Waals surface area contributed by atoms with E-state index in [0.29, 0.717) is 12.2 Å². The average Bonchev–Trinajstić information content (AvgIpc) is 2.08. The molecule has 1 heterocycles. The first-order valence-corrected chi connectivity index (χ1v) is 5.23. The molecule has 0 amide bonds. The molecule has 0 bridgehead atoms. The Labute approximate surface area is 77.1 Å². The SMILES string of the molecule is CC.CC(C)N1CCCCC1N. The van der Waals surface area contributed by atoms with Gasteiger partial charge in [-0.25, -0.2) is 0 Å². The Bertz CT molecular complexity index is 102. The highest BCUT2D eigenvalue weighted by Gasteiger charge is 2.20. The predicted molar refractivity (Wildman–Crippen MR) is 55.0 cm³/mol.